The van der Waals surface area contributed by atoms with E-state index in [0.717, 1.165) is 32.2 Å². The number of ether oxygens (including phenoxy) is 1. The van der Waals surface area contributed by atoms with E-state index in [2.05, 4.69) is 5.32 Å². The van der Waals surface area contributed by atoms with Crippen LogP contribution >= 0.6 is 0 Å². The van der Waals surface area contributed by atoms with E-state index in [9.17, 15) is 14.1 Å². The molecule has 3 fully saturated rings. The molecule has 0 heterocycles. The number of carbonyl (C=O) groups is 1. The highest BCUT2D eigenvalue weighted by atomic mass is 32.2. The third-order valence-corrected chi connectivity index (χ3v) is 7.12. The first-order valence-corrected chi connectivity index (χ1v) is 12.1. The number of aliphatic carboxylic acids is 1. The van der Waals surface area contributed by atoms with Gasteiger partial charge < -0.3 is 15.2 Å². The summed E-state index contributed by atoms with van der Waals surface area (Å²) >= 11 is -1.94. The van der Waals surface area contributed by atoms with Crippen molar-refractivity contribution in [2.45, 2.75) is 101 Å². The molecule has 0 aromatic rings. The molecule has 162 valence electrons. The highest BCUT2D eigenvalue weighted by Gasteiger charge is 2.44. The van der Waals surface area contributed by atoms with E-state index in [0.29, 0.717) is 12.3 Å². The van der Waals surface area contributed by atoms with E-state index >= 15 is 0 Å². The summed E-state index contributed by atoms with van der Waals surface area (Å²) in [5, 5.41) is 18.6. The van der Waals surface area contributed by atoms with Crippen molar-refractivity contribution in [1.29, 1.82) is 0 Å². The van der Waals surface area contributed by atoms with Crippen LogP contribution in [-0.2, 0) is 25.0 Å². The van der Waals surface area contributed by atoms with Gasteiger partial charge in [-0.3, -0.25) is 8.98 Å². The maximum Gasteiger partial charge on any atom is 0.306 e. The van der Waals surface area contributed by atoms with Crippen LogP contribution < -0.4 is 10.5 Å². The highest BCUT2D eigenvalue weighted by Crippen LogP contribution is 2.33. The molecule has 5 atom stereocenters. The van der Waals surface area contributed by atoms with E-state index in [1.807, 2.05) is 0 Å². The van der Waals surface area contributed by atoms with Crippen molar-refractivity contribution < 1.29 is 23.0 Å². The van der Waals surface area contributed by atoms with Crippen molar-refractivity contribution >= 4 is 17.2 Å². The second-order valence-corrected chi connectivity index (χ2v) is 9.49. The molecule has 28 heavy (non-hydrogen) atoms. The Morgan fingerprint density at radius 3 is 2.29 bits per heavy atom. The van der Waals surface area contributed by atoms with Crippen molar-refractivity contribution in [3.63, 3.8) is 0 Å². The Kier molecular flexibility index (Phi) is 8.71. The predicted molar refractivity (Wildman–Crippen MR) is 108 cm³/mol. The van der Waals surface area contributed by atoms with Crippen molar-refractivity contribution in [1.82, 2.24) is 5.32 Å². The molecule has 0 amide bonds. The maximum absolute atomic E-state index is 11.7. The van der Waals surface area contributed by atoms with Crippen molar-refractivity contribution in [3.05, 3.63) is 0 Å². The third-order valence-electron chi connectivity index (χ3n) is 6.68. The van der Waals surface area contributed by atoms with Gasteiger partial charge >= 0.3 is 5.97 Å². The maximum atomic E-state index is 11.7. The number of hydrogen-bond acceptors (Lipinski definition) is 5. The molecule has 8 heteroatoms. The number of nitrogens with two attached hydrogens (primary N) is 1. The first-order valence-electron chi connectivity index (χ1n) is 11.0. The molecule has 4 N–H and O–H groups in total. The average Bonchev–Trinajstić information content (AvgIpc) is 2.69. The lowest BCUT2D eigenvalue weighted by Gasteiger charge is -2.42. The summed E-state index contributed by atoms with van der Waals surface area (Å²) in [5.41, 5.74) is 0. The molecule has 3 aliphatic carbocycles. The first kappa shape index (κ1) is 22.2. The predicted octanol–water partition coefficient (Wildman–Crippen LogP) is 2.66. The van der Waals surface area contributed by atoms with E-state index in [-0.39, 0.29) is 24.7 Å². The molecule has 3 rings (SSSR count). The van der Waals surface area contributed by atoms with Crippen molar-refractivity contribution in [2.24, 2.45) is 17.0 Å². The molecule has 3 saturated carbocycles. The fourth-order valence-electron chi connectivity index (χ4n) is 5.14. The molecule has 0 aromatic heterocycles. The van der Waals surface area contributed by atoms with Crippen LogP contribution in [0.25, 0.3) is 0 Å². The van der Waals surface area contributed by atoms with Crippen LogP contribution in [0.2, 0.25) is 0 Å². The zero-order chi connectivity index (χ0) is 19.9. The van der Waals surface area contributed by atoms with Crippen LogP contribution in [-0.4, -0.2) is 46.2 Å². The van der Waals surface area contributed by atoms with Gasteiger partial charge in [0.15, 0.2) is 0 Å². The molecular formula is C20H36N2O5S. The second kappa shape index (κ2) is 11.0. The minimum absolute atomic E-state index is 0.118. The monoisotopic (exact) mass is 416 g/mol. The Labute approximate surface area is 170 Å². The number of carboxylic acid groups (broad SMARTS) is 1. The Morgan fingerprint density at radius 1 is 1.04 bits per heavy atom. The normalized spacial score (nSPS) is 34.2. The lowest BCUT2D eigenvalue weighted by Crippen LogP contribution is -2.56. The van der Waals surface area contributed by atoms with Crippen LogP contribution in [0.5, 0.6) is 0 Å². The van der Waals surface area contributed by atoms with Gasteiger partial charge in [-0.05, 0) is 51.0 Å². The van der Waals surface area contributed by atoms with Crippen molar-refractivity contribution in [3.8, 4) is 0 Å². The van der Waals surface area contributed by atoms with Crippen LogP contribution in [0.15, 0.2) is 0 Å². The molecule has 0 radical (unpaired) electrons. The first-order chi connectivity index (χ1) is 13.5. The summed E-state index contributed by atoms with van der Waals surface area (Å²) in [6.45, 7) is 0.875. The minimum atomic E-state index is -1.94. The Morgan fingerprint density at radius 2 is 1.68 bits per heavy atom. The van der Waals surface area contributed by atoms with Crippen LogP contribution in [0.1, 0.15) is 77.0 Å². The lowest BCUT2D eigenvalue weighted by molar-refractivity contribution is -0.152. The van der Waals surface area contributed by atoms with E-state index < -0.39 is 29.3 Å². The van der Waals surface area contributed by atoms with Gasteiger partial charge in [0.1, 0.15) is 12.2 Å². The minimum Gasteiger partial charge on any atom is -0.481 e. The number of rotatable bonds is 8. The summed E-state index contributed by atoms with van der Waals surface area (Å²) in [7, 11) is 0. The third kappa shape index (κ3) is 6.49. The van der Waals surface area contributed by atoms with E-state index in [1.165, 1.54) is 38.5 Å². The SMILES string of the molecule is NS(=O)OC1CC(C(=O)O)CC(NCC2CCCCC2)C1OC1CCCCC1. The Bertz CT molecular complexity index is 523. The van der Waals surface area contributed by atoms with Crippen LogP contribution in [0.3, 0.4) is 0 Å². The average molecular weight is 417 g/mol. The van der Waals surface area contributed by atoms with E-state index in [1.54, 1.807) is 0 Å². The largest absolute Gasteiger partial charge is 0.481 e. The standard InChI is InChI=1S/C20H36N2O5S/c21-28(25)27-18-12-15(20(23)24)11-17(22-13-14-7-3-1-4-8-14)19(18)26-16-9-5-2-6-10-16/h14-19,22H,1-13,21H2,(H,23,24). The van der Waals surface area contributed by atoms with Gasteiger partial charge in [0, 0.05) is 6.04 Å². The summed E-state index contributed by atoms with van der Waals surface area (Å²) in [6.07, 6.45) is 12.0. The topological polar surface area (TPSA) is 111 Å². The quantitative estimate of drug-likeness (QED) is 0.561. The summed E-state index contributed by atoms with van der Waals surface area (Å²) in [5.74, 6) is -0.738. The zero-order valence-electron chi connectivity index (χ0n) is 16.7. The van der Waals surface area contributed by atoms with Gasteiger partial charge in [0.25, 0.3) is 0 Å². The summed E-state index contributed by atoms with van der Waals surface area (Å²) < 4.78 is 23.5. The summed E-state index contributed by atoms with van der Waals surface area (Å²) in [4.78, 5) is 11.7. The Balaban J connectivity index is 1.70. The molecule has 0 aliphatic heterocycles. The van der Waals surface area contributed by atoms with Crippen LogP contribution in [0, 0.1) is 11.8 Å². The molecule has 0 bridgehead atoms. The molecule has 0 spiro atoms. The molecule has 7 nitrogen and oxygen atoms in total. The fraction of sp³-hybridized carbons (Fsp3) is 0.950. The van der Waals surface area contributed by atoms with Gasteiger partial charge in [0.2, 0.25) is 11.3 Å². The summed E-state index contributed by atoms with van der Waals surface area (Å²) in [6, 6.07) is -0.118. The number of nitrogens with one attached hydrogen (secondary N) is 1. The van der Waals surface area contributed by atoms with Gasteiger partial charge in [-0.1, -0.05) is 38.5 Å². The van der Waals surface area contributed by atoms with Gasteiger partial charge in [-0.25, -0.2) is 9.35 Å². The van der Waals surface area contributed by atoms with Gasteiger partial charge in [-0.15, -0.1) is 0 Å². The molecular weight excluding hydrogens is 380 g/mol. The van der Waals surface area contributed by atoms with Crippen molar-refractivity contribution in [2.75, 3.05) is 6.54 Å². The smallest absolute Gasteiger partial charge is 0.306 e. The van der Waals surface area contributed by atoms with Crippen LogP contribution in [0.4, 0.5) is 0 Å². The Hall–Kier alpha value is -0.540. The zero-order valence-corrected chi connectivity index (χ0v) is 17.5. The number of carboxylic acids is 1. The number of hydrogen-bond donors (Lipinski definition) is 3. The van der Waals surface area contributed by atoms with E-state index in [4.69, 9.17) is 14.1 Å². The molecule has 0 saturated heterocycles. The molecule has 3 aliphatic rings. The fourth-order valence-corrected chi connectivity index (χ4v) is 5.57. The van der Waals surface area contributed by atoms with Gasteiger partial charge in [-0.2, -0.15) is 0 Å². The van der Waals surface area contributed by atoms with Gasteiger partial charge in [0.05, 0.1) is 12.0 Å². The lowest BCUT2D eigenvalue weighted by atomic mass is 9.80. The highest BCUT2D eigenvalue weighted by molar-refractivity contribution is 7.77. The molecule has 5 unspecified atom stereocenters. The molecule has 0 aromatic carbocycles. The second-order valence-electron chi connectivity index (χ2n) is 8.78.